The fourth-order valence-electron chi connectivity index (χ4n) is 2.34. The zero-order chi connectivity index (χ0) is 15.5. The Morgan fingerprint density at radius 2 is 1.81 bits per heavy atom. The molecule has 2 rings (SSSR count). The summed E-state index contributed by atoms with van der Waals surface area (Å²) in [5, 5.41) is 0.854. The maximum atomic E-state index is 13.0. The molecule has 1 aromatic carbocycles. The van der Waals surface area contributed by atoms with E-state index in [0.29, 0.717) is 22.7 Å². The first-order chi connectivity index (χ1) is 9.81. The Labute approximate surface area is 122 Å². The molecule has 116 valence electrons. The van der Waals surface area contributed by atoms with Crippen LogP contribution in [0.4, 0.5) is 13.2 Å². The van der Waals surface area contributed by atoms with Gasteiger partial charge in [-0.25, -0.2) is 8.42 Å². The number of sulfonamides is 1. The summed E-state index contributed by atoms with van der Waals surface area (Å²) in [6, 6.07) is 6.68. The van der Waals surface area contributed by atoms with Gasteiger partial charge in [-0.05, 0) is 24.5 Å². The van der Waals surface area contributed by atoms with Crippen molar-refractivity contribution < 1.29 is 21.6 Å². The number of piperidine rings is 1. The van der Waals surface area contributed by atoms with Crippen molar-refractivity contribution in [3.05, 3.63) is 41.3 Å². The minimum absolute atomic E-state index is 0.0916. The molecule has 1 fully saturated rings. The molecule has 0 aliphatic carbocycles. The number of alkyl halides is 3. The molecule has 1 aliphatic heterocycles. The minimum Gasteiger partial charge on any atom is -0.207 e. The van der Waals surface area contributed by atoms with Crippen LogP contribution in [-0.4, -0.2) is 31.5 Å². The first-order valence-corrected chi connectivity index (χ1v) is 8.13. The molecule has 0 aromatic heterocycles. The van der Waals surface area contributed by atoms with E-state index in [4.69, 9.17) is 0 Å². The molecule has 1 heterocycles. The van der Waals surface area contributed by atoms with Crippen LogP contribution in [0.5, 0.6) is 0 Å². The van der Waals surface area contributed by atoms with Gasteiger partial charge in [0.2, 0.25) is 10.0 Å². The Morgan fingerprint density at radius 1 is 1.14 bits per heavy atom. The Kier molecular flexibility index (Phi) is 4.73. The predicted octanol–water partition coefficient (Wildman–Crippen LogP) is 3.40. The van der Waals surface area contributed by atoms with Crippen LogP contribution < -0.4 is 0 Å². The van der Waals surface area contributed by atoms with E-state index in [1.54, 1.807) is 30.3 Å². The molecule has 0 radical (unpaired) electrons. The lowest BCUT2D eigenvalue weighted by Gasteiger charge is -2.34. The molecule has 3 nitrogen and oxygen atoms in total. The van der Waals surface area contributed by atoms with Gasteiger partial charge in [0, 0.05) is 12.0 Å². The summed E-state index contributed by atoms with van der Waals surface area (Å²) in [7, 11) is -4.08. The van der Waals surface area contributed by atoms with Crippen LogP contribution in [0.1, 0.15) is 24.8 Å². The summed E-state index contributed by atoms with van der Waals surface area (Å²) in [6.45, 7) is -0.0916. The van der Waals surface area contributed by atoms with Gasteiger partial charge < -0.3 is 0 Å². The van der Waals surface area contributed by atoms with Gasteiger partial charge in [-0.15, -0.1) is 0 Å². The van der Waals surface area contributed by atoms with E-state index in [0.717, 1.165) is 5.41 Å². The molecule has 0 amide bonds. The highest BCUT2D eigenvalue weighted by molar-refractivity contribution is 7.92. The lowest BCUT2D eigenvalue weighted by Crippen LogP contribution is -2.50. The summed E-state index contributed by atoms with van der Waals surface area (Å²) in [4.78, 5) is 0. The molecule has 0 bridgehead atoms. The minimum atomic E-state index is -4.53. The van der Waals surface area contributed by atoms with Crippen molar-refractivity contribution in [2.75, 3.05) is 6.54 Å². The third-order valence-corrected chi connectivity index (χ3v) is 4.96. The Balaban J connectivity index is 2.23. The van der Waals surface area contributed by atoms with Gasteiger partial charge in [-0.3, -0.25) is 0 Å². The van der Waals surface area contributed by atoms with Crippen LogP contribution in [0.2, 0.25) is 0 Å². The van der Waals surface area contributed by atoms with E-state index in [9.17, 15) is 21.6 Å². The number of benzene rings is 1. The van der Waals surface area contributed by atoms with E-state index < -0.39 is 22.2 Å². The van der Waals surface area contributed by atoms with Gasteiger partial charge in [0.25, 0.3) is 0 Å². The van der Waals surface area contributed by atoms with E-state index in [1.165, 1.54) is 6.08 Å². The van der Waals surface area contributed by atoms with E-state index in [-0.39, 0.29) is 13.0 Å². The lowest BCUT2D eigenvalue weighted by atomic mass is 10.1. The molecule has 1 aromatic rings. The second-order valence-corrected chi connectivity index (χ2v) is 6.69. The Bertz CT molecular complexity index is 596. The highest BCUT2D eigenvalue weighted by Crippen LogP contribution is 2.33. The second kappa shape index (κ2) is 6.19. The van der Waals surface area contributed by atoms with Crippen LogP contribution in [0.15, 0.2) is 35.7 Å². The number of hydrogen-bond donors (Lipinski definition) is 0. The maximum Gasteiger partial charge on any atom is 0.405 e. The van der Waals surface area contributed by atoms with Crippen LogP contribution in [0.25, 0.3) is 6.08 Å². The van der Waals surface area contributed by atoms with Gasteiger partial charge in [0.05, 0.1) is 0 Å². The molecule has 0 N–H and O–H groups in total. The fourth-order valence-corrected chi connectivity index (χ4v) is 3.79. The van der Waals surface area contributed by atoms with Crippen LogP contribution in [0, 0.1) is 0 Å². The summed E-state index contributed by atoms with van der Waals surface area (Å²) >= 11 is 0. The maximum absolute atomic E-state index is 13.0. The van der Waals surface area contributed by atoms with Gasteiger partial charge in [0.15, 0.2) is 0 Å². The Morgan fingerprint density at radius 3 is 2.43 bits per heavy atom. The summed E-state index contributed by atoms with van der Waals surface area (Å²) in [6.07, 6.45) is -2.56. The summed E-state index contributed by atoms with van der Waals surface area (Å²) < 4.78 is 63.7. The lowest BCUT2D eigenvalue weighted by molar-refractivity contribution is -0.177. The molecule has 0 spiro atoms. The summed E-state index contributed by atoms with van der Waals surface area (Å²) in [5.74, 6) is 0. The number of halogens is 3. The highest BCUT2D eigenvalue weighted by Gasteiger charge is 2.48. The Hall–Kier alpha value is -1.34. The highest BCUT2D eigenvalue weighted by atomic mass is 32.2. The van der Waals surface area contributed by atoms with Gasteiger partial charge in [0.1, 0.15) is 6.04 Å². The molecule has 7 heteroatoms. The van der Waals surface area contributed by atoms with Crippen molar-refractivity contribution in [1.29, 1.82) is 0 Å². The average Bonchev–Trinajstić information content (AvgIpc) is 2.45. The quantitative estimate of drug-likeness (QED) is 0.856. The van der Waals surface area contributed by atoms with Gasteiger partial charge in [-0.2, -0.15) is 17.5 Å². The SMILES string of the molecule is O=S(=O)(/C=C/c1ccccc1)N1CCCCC1C(F)(F)F. The molecule has 21 heavy (non-hydrogen) atoms. The first kappa shape index (κ1) is 16.0. The third-order valence-electron chi connectivity index (χ3n) is 3.39. The molecule has 1 unspecified atom stereocenters. The van der Waals surface area contributed by atoms with Crippen molar-refractivity contribution in [3.63, 3.8) is 0 Å². The van der Waals surface area contributed by atoms with Crippen molar-refractivity contribution >= 4 is 16.1 Å². The summed E-state index contributed by atoms with van der Waals surface area (Å²) in [5.41, 5.74) is 0.627. The van der Waals surface area contributed by atoms with Crippen molar-refractivity contribution in [2.24, 2.45) is 0 Å². The van der Waals surface area contributed by atoms with Crippen molar-refractivity contribution in [1.82, 2.24) is 4.31 Å². The monoisotopic (exact) mass is 319 g/mol. The molecule has 0 saturated carbocycles. The number of nitrogens with zero attached hydrogens (tertiary/aromatic N) is 1. The second-order valence-electron chi connectivity index (χ2n) is 4.92. The van der Waals surface area contributed by atoms with E-state index in [1.807, 2.05) is 0 Å². The van der Waals surface area contributed by atoms with Crippen LogP contribution >= 0.6 is 0 Å². The van der Waals surface area contributed by atoms with Crippen LogP contribution in [-0.2, 0) is 10.0 Å². The largest absolute Gasteiger partial charge is 0.405 e. The smallest absolute Gasteiger partial charge is 0.207 e. The number of rotatable bonds is 3. The predicted molar refractivity (Wildman–Crippen MR) is 74.8 cm³/mol. The topological polar surface area (TPSA) is 37.4 Å². The zero-order valence-electron chi connectivity index (χ0n) is 11.3. The first-order valence-electron chi connectivity index (χ1n) is 6.62. The van der Waals surface area contributed by atoms with Gasteiger partial charge in [-0.1, -0.05) is 36.8 Å². The normalized spacial score (nSPS) is 21.8. The third kappa shape index (κ3) is 4.07. The van der Waals surface area contributed by atoms with Crippen LogP contribution in [0.3, 0.4) is 0 Å². The fraction of sp³-hybridized carbons (Fsp3) is 0.429. The average molecular weight is 319 g/mol. The van der Waals surface area contributed by atoms with E-state index in [2.05, 4.69) is 0 Å². The molecule has 1 atom stereocenters. The molecule has 1 saturated heterocycles. The van der Waals surface area contributed by atoms with E-state index >= 15 is 0 Å². The standard InChI is InChI=1S/C14H16F3NO2S/c15-14(16,17)13-8-4-5-10-18(13)21(19,20)11-9-12-6-2-1-3-7-12/h1-3,6-7,9,11,13H,4-5,8,10H2/b11-9+. The van der Waals surface area contributed by atoms with Gasteiger partial charge >= 0.3 is 6.18 Å². The van der Waals surface area contributed by atoms with Crippen molar-refractivity contribution in [2.45, 2.75) is 31.5 Å². The van der Waals surface area contributed by atoms with Crippen molar-refractivity contribution in [3.8, 4) is 0 Å². The molecular weight excluding hydrogens is 303 g/mol. The molecular formula is C14H16F3NO2S. The zero-order valence-corrected chi connectivity index (χ0v) is 12.1. The molecule has 1 aliphatic rings. The number of hydrogen-bond acceptors (Lipinski definition) is 2.